The first-order chi connectivity index (χ1) is 14.7. The van der Waals surface area contributed by atoms with Crippen LogP contribution < -0.4 is 10.2 Å². The van der Waals surface area contributed by atoms with Crippen molar-refractivity contribution in [1.29, 1.82) is 0 Å². The molecule has 0 amide bonds. The maximum Gasteiger partial charge on any atom is 0.0294 e. The highest BCUT2D eigenvalue weighted by atomic mass is 31.2. The molecule has 0 fully saturated rings. The predicted molar refractivity (Wildman–Crippen MR) is 142 cm³/mol. The molecule has 1 aromatic rings. The summed E-state index contributed by atoms with van der Waals surface area (Å²) < 4.78 is 0. The van der Waals surface area contributed by atoms with Crippen molar-refractivity contribution in [2.24, 2.45) is 0 Å². The number of allylic oxidation sites excluding steroid dienone is 15. The zero-order chi connectivity index (χ0) is 22.2. The van der Waals surface area contributed by atoms with E-state index in [1.54, 1.807) is 0 Å². The first-order valence-corrected chi connectivity index (χ1v) is 12.6. The SMILES string of the molecule is C=C/C=C\C(=C/C)P(NP(C(/C=C\C)=C/C=C)C(/C=C\C)=C/C=C)c1ccccc1. The molecule has 0 saturated heterocycles. The lowest BCUT2D eigenvalue weighted by Crippen LogP contribution is -2.13. The molecule has 1 nitrogen and oxygen atoms in total. The molecule has 1 N–H and O–H groups in total. The van der Waals surface area contributed by atoms with Gasteiger partial charge in [-0.1, -0.05) is 123 Å². The largest absolute Gasteiger partial charge is 0.259 e. The van der Waals surface area contributed by atoms with E-state index in [4.69, 9.17) is 0 Å². The molecular weight excluding hydrogens is 400 g/mol. The Morgan fingerprint density at radius 1 is 0.767 bits per heavy atom. The highest BCUT2D eigenvalue weighted by molar-refractivity contribution is 7.81. The maximum atomic E-state index is 4.01. The molecule has 0 aliphatic carbocycles. The fraction of sp³-hybridized carbons (Fsp3) is 0.111. The van der Waals surface area contributed by atoms with Crippen molar-refractivity contribution in [2.45, 2.75) is 20.8 Å². The van der Waals surface area contributed by atoms with Gasteiger partial charge in [0.2, 0.25) is 0 Å². The molecule has 0 aliphatic rings. The molecule has 3 heteroatoms. The standard InChI is InChI=1S/C27H33NP2/c1-7-13-21-24(12-6)29(27-22-15-14-16-23-27)28-30(25(17-8-2)18-9-3)26(19-10-4)20-11-5/h7-23,28H,1-2,4H2,3,5-6H3/b18-9-,20-11-,21-13-,24-12+,25-17+,26-19+. The minimum Gasteiger partial charge on any atom is -0.259 e. The first-order valence-electron chi connectivity index (χ1n) is 9.94. The number of rotatable bonds is 12. The first kappa shape index (κ1) is 25.7. The lowest BCUT2D eigenvalue weighted by molar-refractivity contribution is 1.55. The molecule has 30 heavy (non-hydrogen) atoms. The van der Waals surface area contributed by atoms with Crippen LogP contribution in [0, 0.1) is 0 Å². The van der Waals surface area contributed by atoms with Crippen molar-refractivity contribution >= 4 is 21.4 Å². The summed E-state index contributed by atoms with van der Waals surface area (Å²) in [5.41, 5.74) is 0. The van der Waals surface area contributed by atoms with Crippen LogP contribution in [0.1, 0.15) is 20.8 Å². The van der Waals surface area contributed by atoms with Crippen LogP contribution in [0.4, 0.5) is 0 Å². The number of benzene rings is 1. The van der Waals surface area contributed by atoms with Gasteiger partial charge in [0.1, 0.15) is 0 Å². The molecule has 1 unspecified atom stereocenters. The smallest absolute Gasteiger partial charge is 0.0294 e. The molecule has 1 rings (SSSR count). The molecule has 0 saturated carbocycles. The Hall–Kier alpha value is -2.30. The monoisotopic (exact) mass is 433 g/mol. The van der Waals surface area contributed by atoms with E-state index in [-0.39, 0.29) is 0 Å². The van der Waals surface area contributed by atoms with Crippen molar-refractivity contribution in [1.82, 2.24) is 4.86 Å². The zero-order valence-electron chi connectivity index (χ0n) is 18.3. The minimum atomic E-state index is -0.843. The van der Waals surface area contributed by atoms with Crippen LogP contribution >= 0.6 is 16.1 Å². The number of hydrogen-bond donors (Lipinski definition) is 1. The van der Waals surface area contributed by atoms with E-state index in [1.165, 1.54) is 21.2 Å². The van der Waals surface area contributed by atoms with Gasteiger partial charge in [-0.3, -0.25) is 4.86 Å². The third-order valence-electron chi connectivity index (χ3n) is 3.94. The van der Waals surface area contributed by atoms with Crippen LogP contribution in [0.15, 0.2) is 139 Å². The van der Waals surface area contributed by atoms with Gasteiger partial charge in [0.15, 0.2) is 0 Å². The molecule has 0 radical (unpaired) electrons. The van der Waals surface area contributed by atoms with E-state index < -0.39 is 16.1 Å². The van der Waals surface area contributed by atoms with Gasteiger partial charge < -0.3 is 0 Å². The normalized spacial score (nSPS) is 14.7. The lowest BCUT2D eigenvalue weighted by Gasteiger charge is -2.29. The van der Waals surface area contributed by atoms with E-state index >= 15 is 0 Å². The lowest BCUT2D eigenvalue weighted by atomic mass is 10.4. The van der Waals surface area contributed by atoms with Crippen LogP contribution in [0.25, 0.3) is 0 Å². The average Bonchev–Trinajstić information content (AvgIpc) is 2.76. The molecule has 1 aromatic carbocycles. The fourth-order valence-electron chi connectivity index (χ4n) is 2.66. The van der Waals surface area contributed by atoms with Crippen molar-refractivity contribution in [3.05, 3.63) is 139 Å². The quantitative estimate of drug-likeness (QED) is 0.257. The molecule has 1 atom stereocenters. The van der Waals surface area contributed by atoms with Crippen LogP contribution in [-0.2, 0) is 0 Å². The summed E-state index contributed by atoms with van der Waals surface area (Å²) >= 11 is 0. The molecule has 0 aromatic heterocycles. The van der Waals surface area contributed by atoms with Gasteiger partial charge in [-0.05, 0) is 42.0 Å². The second-order valence-corrected chi connectivity index (χ2v) is 10.3. The number of nitrogens with one attached hydrogen (secondary N) is 1. The summed E-state index contributed by atoms with van der Waals surface area (Å²) in [6.07, 6.45) is 24.5. The fourth-order valence-corrected chi connectivity index (χ4v) is 7.98. The molecule has 0 bridgehead atoms. The van der Waals surface area contributed by atoms with Gasteiger partial charge in [-0.2, -0.15) is 0 Å². The van der Waals surface area contributed by atoms with Gasteiger partial charge in [0.25, 0.3) is 0 Å². The van der Waals surface area contributed by atoms with E-state index in [2.05, 4.69) is 110 Å². The molecule has 0 spiro atoms. The second-order valence-electron chi connectivity index (χ2n) is 6.07. The topological polar surface area (TPSA) is 12.0 Å². The summed E-state index contributed by atoms with van der Waals surface area (Å²) in [5.74, 6) is 0. The van der Waals surface area contributed by atoms with E-state index in [1.807, 2.05) is 38.2 Å². The number of hydrogen-bond acceptors (Lipinski definition) is 1. The Morgan fingerprint density at radius 2 is 1.33 bits per heavy atom. The van der Waals surface area contributed by atoms with Crippen LogP contribution in [0.3, 0.4) is 0 Å². The Kier molecular flexibility index (Phi) is 13.3. The van der Waals surface area contributed by atoms with Crippen LogP contribution in [0.2, 0.25) is 0 Å². The van der Waals surface area contributed by atoms with Gasteiger partial charge in [0, 0.05) is 16.1 Å². The molecule has 0 heterocycles. The van der Waals surface area contributed by atoms with E-state index in [9.17, 15) is 0 Å². The highest BCUT2D eigenvalue weighted by Crippen LogP contribution is 2.58. The van der Waals surface area contributed by atoms with Crippen LogP contribution in [-0.4, -0.2) is 0 Å². The second kappa shape index (κ2) is 15.5. The Morgan fingerprint density at radius 3 is 1.77 bits per heavy atom. The van der Waals surface area contributed by atoms with Gasteiger partial charge in [-0.15, -0.1) is 0 Å². The summed E-state index contributed by atoms with van der Waals surface area (Å²) in [5, 5.41) is 4.94. The molecule has 156 valence electrons. The van der Waals surface area contributed by atoms with E-state index in [0.717, 1.165) is 0 Å². The summed E-state index contributed by atoms with van der Waals surface area (Å²) in [6, 6.07) is 10.6. The summed E-state index contributed by atoms with van der Waals surface area (Å²) in [7, 11) is -1.63. The predicted octanol–water partition coefficient (Wildman–Crippen LogP) is 8.63. The minimum absolute atomic E-state index is 0.791. The molecular formula is C27H33NP2. The van der Waals surface area contributed by atoms with Gasteiger partial charge >= 0.3 is 0 Å². The highest BCUT2D eigenvalue weighted by Gasteiger charge is 2.23. The Bertz CT molecular complexity index is 833. The third kappa shape index (κ3) is 8.21. The summed E-state index contributed by atoms with van der Waals surface area (Å²) in [6.45, 7) is 17.9. The maximum absolute atomic E-state index is 4.01. The summed E-state index contributed by atoms with van der Waals surface area (Å²) in [4.78, 5) is 4.01. The van der Waals surface area contributed by atoms with Crippen molar-refractivity contribution in [3.8, 4) is 0 Å². The average molecular weight is 434 g/mol. The third-order valence-corrected chi connectivity index (χ3v) is 8.91. The Balaban J connectivity index is 3.65. The molecule has 0 aliphatic heterocycles. The van der Waals surface area contributed by atoms with Crippen molar-refractivity contribution in [3.63, 3.8) is 0 Å². The van der Waals surface area contributed by atoms with Gasteiger partial charge in [-0.25, -0.2) is 0 Å². The van der Waals surface area contributed by atoms with Crippen LogP contribution in [0.5, 0.6) is 0 Å². The Labute approximate surface area is 186 Å². The van der Waals surface area contributed by atoms with Gasteiger partial charge in [0.05, 0.1) is 0 Å². The van der Waals surface area contributed by atoms with Crippen molar-refractivity contribution < 1.29 is 0 Å². The zero-order valence-corrected chi connectivity index (χ0v) is 20.1. The van der Waals surface area contributed by atoms with E-state index in [0.29, 0.717) is 0 Å². The van der Waals surface area contributed by atoms with Crippen molar-refractivity contribution in [2.75, 3.05) is 0 Å².